The van der Waals surface area contributed by atoms with Crippen LogP contribution in [0.2, 0.25) is 0 Å². The lowest BCUT2D eigenvalue weighted by Gasteiger charge is -2.18. The molecule has 0 amide bonds. The molecular formula is C12H19N3S2. The normalized spacial score (nSPS) is 25.6. The molecule has 94 valence electrons. The second kappa shape index (κ2) is 5.24. The minimum Gasteiger partial charge on any atom is -0.303 e. The first-order valence-corrected chi connectivity index (χ1v) is 8.29. The van der Waals surface area contributed by atoms with Crippen molar-refractivity contribution in [3.05, 3.63) is 5.01 Å². The van der Waals surface area contributed by atoms with Gasteiger partial charge >= 0.3 is 0 Å². The van der Waals surface area contributed by atoms with Gasteiger partial charge in [-0.05, 0) is 45.7 Å². The smallest absolute Gasteiger partial charge is 0.174 e. The molecule has 1 saturated heterocycles. The van der Waals surface area contributed by atoms with E-state index < -0.39 is 0 Å². The SMILES string of the molecule is CN1CCC[C@@H]1CCSc1nnc(C2CC2)s1. The molecule has 1 aliphatic carbocycles. The Morgan fingerprint density at radius 1 is 1.35 bits per heavy atom. The van der Waals surface area contributed by atoms with E-state index in [0.717, 1.165) is 12.0 Å². The Bertz CT molecular complexity index is 376. The summed E-state index contributed by atoms with van der Waals surface area (Å²) in [5, 5.41) is 9.83. The third-order valence-corrected chi connectivity index (χ3v) is 5.95. The minimum absolute atomic E-state index is 0.753. The molecule has 3 nitrogen and oxygen atoms in total. The zero-order valence-corrected chi connectivity index (χ0v) is 11.9. The van der Waals surface area contributed by atoms with E-state index in [1.165, 1.54) is 53.7 Å². The van der Waals surface area contributed by atoms with Crippen molar-refractivity contribution in [3.8, 4) is 0 Å². The fourth-order valence-corrected chi connectivity index (χ4v) is 4.55. The number of nitrogens with zero attached hydrogens (tertiary/aromatic N) is 3. The molecular weight excluding hydrogens is 250 g/mol. The first-order valence-electron chi connectivity index (χ1n) is 6.49. The summed E-state index contributed by atoms with van der Waals surface area (Å²) < 4.78 is 1.17. The standard InChI is InChI=1S/C12H19N3S2/c1-15-7-2-3-10(15)6-8-16-12-14-13-11(17-12)9-4-5-9/h9-10H,2-8H2,1H3/t10-/m1/s1. The Labute approximate surface area is 111 Å². The Balaban J connectivity index is 1.43. The average molecular weight is 269 g/mol. The van der Waals surface area contributed by atoms with E-state index in [1.807, 2.05) is 23.1 Å². The average Bonchev–Trinajstić information content (AvgIpc) is 2.94. The molecule has 5 heteroatoms. The fourth-order valence-electron chi connectivity index (χ4n) is 2.40. The predicted octanol–water partition coefficient (Wildman–Crippen LogP) is 2.99. The Hall–Kier alpha value is -0.130. The molecule has 1 aliphatic heterocycles. The highest BCUT2D eigenvalue weighted by molar-refractivity contribution is 8.01. The maximum Gasteiger partial charge on any atom is 0.174 e. The summed E-state index contributed by atoms with van der Waals surface area (Å²) in [4.78, 5) is 2.50. The molecule has 1 atom stereocenters. The van der Waals surface area contributed by atoms with Crippen molar-refractivity contribution in [3.63, 3.8) is 0 Å². The summed E-state index contributed by atoms with van der Waals surface area (Å²) in [7, 11) is 2.25. The second-order valence-corrected chi connectivity index (χ2v) is 7.45. The first kappa shape index (κ1) is 11.9. The van der Waals surface area contributed by atoms with Crippen LogP contribution in [-0.2, 0) is 0 Å². The van der Waals surface area contributed by atoms with Crippen molar-refractivity contribution in [1.29, 1.82) is 0 Å². The molecule has 17 heavy (non-hydrogen) atoms. The molecule has 1 aromatic rings. The Morgan fingerprint density at radius 2 is 2.24 bits per heavy atom. The van der Waals surface area contributed by atoms with Crippen LogP contribution in [0.3, 0.4) is 0 Å². The van der Waals surface area contributed by atoms with Crippen LogP contribution in [0.25, 0.3) is 0 Å². The van der Waals surface area contributed by atoms with Crippen molar-refractivity contribution in [2.45, 2.75) is 48.4 Å². The largest absolute Gasteiger partial charge is 0.303 e. The molecule has 0 aromatic carbocycles. The van der Waals surface area contributed by atoms with Crippen molar-refractivity contribution >= 4 is 23.1 Å². The topological polar surface area (TPSA) is 29.0 Å². The molecule has 0 N–H and O–H groups in total. The highest BCUT2D eigenvalue weighted by Gasteiger charge is 2.27. The van der Waals surface area contributed by atoms with Crippen LogP contribution in [0, 0.1) is 0 Å². The maximum absolute atomic E-state index is 4.28. The van der Waals surface area contributed by atoms with Gasteiger partial charge in [0.05, 0.1) is 0 Å². The lowest BCUT2D eigenvalue weighted by atomic mass is 10.2. The monoisotopic (exact) mass is 269 g/mol. The number of rotatable bonds is 5. The van der Waals surface area contributed by atoms with Crippen molar-refractivity contribution in [1.82, 2.24) is 15.1 Å². The third kappa shape index (κ3) is 3.01. The van der Waals surface area contributed by atoms with Crippen LogP contribution >= 0.6 is 23.1 Å². The van der Waals surface area contributed by atoms with E-state index in [1.54, 1.807) is 0 Å². The number of hydrogen-bond donors (Lipinski definition) is 0. The van der Waals surface area contributed by atoms with E-state index in [9.17, 15) is 0 Å². The van der Waals surface area contributed by atoms with Crippen molar-refractivity contribution in [2.75, 3.05) is 19.3 Å². The van der Waals surface area contributed by atoms with Crippen LogP contribution in [0.15, 0.2) is 4.34 Å². The van der Waals surface area contributed by atoms with Crippen LogP contribution in [0.1, 0.15) is 43.0 Å². The highest BCUT2D eigenvalue weighted by Crippen LogP contribution is 2.42. The summed E-state index contributed by atoms with van der Waals surface area (Å²) in [5.41, 5.74) is 0. The van der Waals surface area contributed by atoms with E-state index >= 15 is 0 Å². The van der Waals surface area contributed by atoms with Crippen molar-refractivity contribution < 1.29 is 0 Å². The summed E-state index contributed by atoms with van der Waals surface area (Å²) in [5.74, 6) is 1.94. The molecule has 0 radical (unpaired) electrons. The van der Waals surface area contributed by atoms with Crippen LogP contribution < -0.4 is 0 Å². The molecule has 0 unspecified atom stereocenters. The summed E-state index contributed by atoms with van der Waals surface area (Å²) in [6.45, 7) is 1.28. The second-order valence-electron chi connectivity index (χ2n) is 5.09. The third-order valence-electron chi connectivity index (χ3n) is 3.70. The van der Waals surface area contributed by atoms with Gasteiger partial charge in [-0.25, -0.2) is 0 Å². The van der Waals surface area contributed by atoms with Gasteiger partial charge in [-0.1, -0.05) is 23.1 Å². The van der Waals surface area contributed by atoms with Gasteiger partial charge in [-0.2, -0.15) is 0 Å². The lowest BCUT2D eigenvalue weighted by molar-refractivity contribution is 0.305. The Kier molecular flexibility index (Phi) is 3.68. The molecule has 1 saturated carbocycles. The quantitative estimate of drug-likeness (QED) is 0.769. The van der Waals surface area contributed by atoms with Gasteiger partial charge in [0.1, 0.15) is 5.01 Å². The fraction of sp³-hybridized carbons (Fsp3) is 0.833. The van der Waals surface area contributed by atoms with Gasteiger partial charge in [0, 0.05) is 17.7 Å². The maximum atomic E-state index is 4.28. The predicted molar refractivity (Wildman–Crippen MR) is 72.9 cm³/mol. The Morgan fingerprint density at radius 3 is 2.94 bits per heavy atom. The lowest BCUT2D eigenvalue weighted by Crippen LogP contribution is -2.25. The zero-order valence-electron chi connectivity index (χ0n) is 10.3. The molecule has 3 rings (SSSR count). The number of likely N-dealkylation sites (tertiary alicyclic amines) is 1. The summed E-state index contributed by atoms with van der Waals surface area (Å²) in [6, 6.07) is 0.804. The molecule has 2 heterocycles. The summed E-state index contributed by atoms with van der Waals surface area (Å²) in [6.07, 6.45) is 6.69. The van der Waals surface area contributed by atoms with Crippen LogP contribution in [-0.4, -0.2) is 40.5 Å². The van der Waals surface area contributed by atoms with E-state index in [-0.39, 0.29) is 0 Å². The highest BCUT2D eigenvalue weighted by atomic mass is 32.2. The molecule has 2 fully saturated rings. The van der Waals surface area contributed by atoms with Gasteiger partial charge in [-0.15, -0.1) is 10.2 Å². The zero-order chi connectivity index (χ0) is 11.7. The van der Waals surface area contributed by atoms with E-state index in [4.69, 9.17) is 0 Å². The molecule has 1 aromatic heterocycles. The van der Waals surface area contributed by atoms with Gasteiger partial charge in [-0.3, -0.25) is 0 Å². The number of aromatic nitrogens is 2. The van der Waals surface area contributed by atoms with E-state index in [2.05, 4.69) is 22.1 Å². The molecule has 0 spiro atoms. The van der Waals surface area contributed by atoms with Gasteiger partial charge < -0.3 is 4.90 Å². The number of thioether (sulfide) groups is 1. The molecule has 0 bridgehead atoms. The van der Waals surface area contributed by atoms with E-state index in [0.29, 0.717) is 0 Å². The number of hydrogen-bond acceptors (Lipinski definition) is 5. The van der Waals surface area contributed by atoms with Gasteiger partial charge in [0.2, 0.25) is 0 Å². The first-order chi connectivity index (χ1) is 8.33. The van der Waals surface area contributed by atoms with Crippen LogP contribution in [0.4, 0.5) is 0 Å². The van der Waals surface area contributed by atoms with Gasteiger partial charge in [0.25, 0.3) is 0 Å². The van der Waals surface area contributed by atoms with Crippen molar-refractivity contribution in [2.24, 2.45) is 0 Å². The van der Waals surface area contributed by atoms with Crippen LogP contribution in [0.5, 0.6) is 0 Å². The molecule has 2 aliphatic rings. The minimum atomic E-state index is 0.753. The van der Waals surface area contributed by atoms with Gasteiger partial charge in [0.15, 0.2) is 4.34 Å². The summed E-state index contributed by atoms with van der Waals surface area (Å²) >= 11 is 3.71.